The normalized spacial score (nSPS) is 11.3. The molecule has 0 spiro atoms. The molecule has 0 radical (unpaired) electrons. The summed E-state index contributed by atoms with van der Waals surface area (Å²) in [5.41, 5.74) is 0.617. The lowest BCUT2D eigenvalue weighted by Gasteiger charge is -2.13. The molecule has 5 heteroatoms. The average molecular weight is 270 g/mol. The Morgan fingerprint density at radius 2 is 1.47 bits per heavy atom. The maximum atomic E-state index is 11.7. The van der Waals surface area contributed by atoms with E-state index < -0.39 is 17.9 Å². The predicted molar refractivity (Wildman–Crippen MR) is 70.4 cm³/mol. The van der Waals surface area contributed by atoms with E-state index in [0.29, 0.717) is 12.0 Å². The standard InChI is InChI=1S/C14H22O5/c1-5-18-13(16)12(14(17)19-6-2)9-7-8-10(3)11(4)15/h8,12H,5-7,9H2,1-4H3/b10-8+. The molecule has 0 aromatic carbocycles. The summed E-state index contributed by atoms with van der Waals surface area (Å²) in [5.74, 6) is -2.09. The first-order valence-electron chi connectivity index (χ1n) is 6.44. The number of rotatable bonds is 8. The second kappa shape index (κ2) is 9.30. The molecule has 0 aliphatic rings. The molecule has 19 heavy (non-hydrogen) atoms. The molecule has 0 rings (SSSR count). The average Bonchev–Trinajstić information content (AvgIpc) is 2.34. The van der Waals surface area contributed by atoms with Crippen LogP contribution in [0.2, 0.25) is 0 Å². The highest BCUT2D eigenvalue weighted by Crippen LogP contribution is 2.13. The van der Waals surface area contributed by atoms with Gasteiger partial charge in [0.05, 0.1) is 13.2 Å². The van der Waals surface area contributed by atoms with Crippen LogP contribution >= 0.6 is 0 Å². The number of allylic oxidation sites excluding steroid dienone is 2. The highest BCUT2D eigenvalue weighted by Gasteiger charge is 2.28. The zero-order valence-corrected chi connectivity index (χ0v) is 12.0. The van der Waals surface area contributed by atoms with E-state index in [1.807, 2.05) is 0 Å². The zero-order valence-electron chi connectivity index (χ0n) is 12.0. The van der Waals surface area contributed by atoms with Gasteiger partial charge in [0.15, 0.2) is 11.7 Å². The van der Waals surface area contributed by atoms with Gasteiger partial charge >= 0.3 is 11.9 Å². The van der Waals surface area contributed by atoms with Crippen molar-refractivity contribution in [2.24, 2.45) is 5.92 Å². The summed E-state index contributed by atoms with van der Waals surface area (Å²) < 4.78 is 9.70. The second-order valence-corrected chi connectivity index (χ2v) is 4.08. The van der Waals surface area contributed by atoms with Gasteiger partial charge in [-0.15, -0.1) is 0 Å². The molecule has 0 fully saturated rings. The van der Waals surface area contributed by atoms with Crippen molar-refractivity contribution in [3.05, 3.63) is 11.6 Å². The number of hydrogen-bond donors (Lipinski definition) is 0. The van der Waals surface area contributed by atoms with Gasteiger partial charge in [-0.3, -0.25) is 14.4 Å². The molecule has 0 aliphatic carbocycles. The molecule has 0 saturated carbocycles. The Morgan fingerprint density at radius 1 is 1.00 bits per heavy atom. The van der Waals surface area contributed by atoms with Crippen LogP contribution in [0, 0.1) is 5.92 Å². The minimum Gasteiger partial charge on any atom is -0.465 e. The lowest BCUT2D eigenvalue weighted by atomic mass is 10.0. The molecular weight excluding hydrogens is 248 g/mol. The summed E-state index contributed by atoms with van der Waals surface area (Å²) in [6.07, 6.45) is 2.45. The topological polar surface area (TPSA) is 69.7 Å². The minimum absolute atomic E-state index is 0.0242. The van der Waals surface area contributed by atoms with Gasteiger partial charge in [-0.1, -0.05) is 6.08 Å². The first-order valence-corrected chi connectivity index (χ1v) is 6.44. The molecule has 0 aromatic rings. The smallest absolute Gasteiger partial charge is 0.320 e. The van der Waals surface area contributed by atoms with Crippen LogP contribution in [0.3, 0.4) is 0 Å². The van der Waals surface area contributed by atoms with E-state index in [1.165, 1.54) is 6.92 Å². The van der Waals surface area contributed by atoms with Crippen LogP contribution < -0.4 is 0 Å². The van der Waals surface area contributed by atoms with E-state index in [2.05, 4.69) is 0 Å². The van der Waals surface area contributed by atoms with Crippen molar-refractivity contribution in [1.29, 1.82) is 0 Å². The molecule has 0 N–H and O–H groups in total. The van der Waals surface area contributed by atoms with Crippen LogP contribution in [0.4, 0.5) is 0 Å². The summed E-state index contributed by atoms with van der Waals surface area (Å²) in [7, 11) is 0. The van der Waals surface area contributed by atoms with Crippen LogP contribution in [-0.4, -0.2) is 30.9 Å². The fraction of sp³-hybridized carbons (Fsp3) is 0.643. The third kappa shape index (κ3) is 6.74. The Morgan fingerprint density at radius 3 is 1.84 bits per heavy atom. The Hall–Kier alpha value is -1.65. The summed E-state index contributed by atoms with van der Waals surface area (Å²) in [5, 5.41) is 0. The molecule has 0 amide bonds. The molecule has 0 heterocycles. The molecule has 5 nitrogen and oxygen atoms in total. The third-order valence-corrected chi connectivity index (χ3v) is 2.60. The molecule has 0 bridgehead atoms. The molecule has 0 atom stereocenters. The molecule has 0 aliphatic heterocycles. The third-order valence-electron chi connectivity index (χ3n) is 2.60. The highest BCUT2D eigenvalue weighted by atomic mass is 16.6. The lowest BCUT2D eigenvalue weighted by Crippen LogP contribution is -2.28. The summed E-state index contributed by atoms with van der Waals surface area (Å²) in [6.45, 7) is 6.97. The molecule has 0 saturated heterocycles. The lowest BCUT2D eigenvalue weighted by molar-refractivity contribution is -0.161. The SMILES string of the molecule is CCOC(=O)C(CC/C=C(\C)C(C)=O)C(=O)OCC. The molecular formula is C14H22O5. The molecule has 0 aromatic heterocycles. The number of esters is 2. The largest absolute Gasteiger partial charge is 0.465 e. The van der Waals surface area contributed by atoms with Gasteiger partial charge in [0.1, 0.15) is 0 Å². The van der Waals surface area contributed by atoms with E-state index >= 15 is 0 Å². The van der Waals surface area contributed by atoms with Gasteiger partial charge in [0.2, 0.25) is 0 Å². The van der Waals surface area contributed by atoms with Gasteiger partial charge in [-0.2, -0.15) is 0 Å². The van der Waals surface area contributed by atoms with Crippen molar-refractivity contribution in [3.8, 4) is 0 Å². The van der Waals surface area contributed by atoms with E-state index in [0.717, 1.165) is 0 Å². The Kier molecular flexibility index (Phi) is 8.49. The Balaban J connectivity index is 4.59. The van der Waals surface area contributed by atoms with E-state index in [1.54, 1.807) is 26.8 Å². The van der Waals surface area contributed by atoms with Gasteiger partial charge in [0, 0.05) is 0 Å². The maximum absolute atomic E-state index is 11.7. The van der Waals surface area contributed by atoms with E-state index in [4.69, 9.17) is 9.47 Å². The molecule has 0 unspecified atom stereocenters. The summed E-state index contributed by atoms with van der Waals surface area (Å²) in [4.78, 5) is 34.4. The molecule has 108 valence electrons. The number of ketones is 1. The van der Waals surface area contributed by atoms with E-state index in [9.17, 15) is 14.4 Å². The van der Waals surface area contributed by atoms with Crippen molar-refractivity contribution >= 4 is 17.7 Å². The van der Waals surface area contributed by atoms with Gasteiger partial charge < -0.3 is 9.47 Å². The Labute approximate surface area is 114 Å². The number of hydrogen-bond acceptors (Lipinski definition) is 5. The predicted octanol–water partition coefficient (Wildman–Crippen LogP) is 2.04. The maximum Gasteiger partial charge on any atom is 0.320 e. The van der Waals surface area contributed by atoms with Crippen molar-refractivity contribution < 1.29 is 23.9 Å². The number of carbonyl (C=O) groups is 3. The quantitative estimate of drug-likeness (QED) is 0.383. The fourth-order valence-electron chi connectivity index (χ4n) is 1.43. The monoisotopic (exact) mass is 270 g/mol. The van der Waals surface area contributed by atoms with E-state index in [-0.39, 0.29) is 25.4 Å². The number of carbonyl (C=O) groups excluding carboxylic acids is 3. The van der Waals surface area contributed by atoms with Crippen LogP contribution in [0.5, 0.6) is 0 Å². The summed E-state index contributed by atoms with van der Waals surface area (Å²) in [6, 6.07) is 0. The number of Topliss-reactive ketones (excluding diaryl/α,β-unsaturated/α-hetero) is 1. The second-order valence-electron chi connectivity index (χ2n) is 4.08. The zero-order chi connectivity index (χ0) is 14.8. The first kappa shape index (κ1) is 17.4. The fourth-order valence-corrected chi connectivity index (χ4v) is 1.43. The van der Waals surface area contributed by atoms with Crippen LogP contribution in [0.25, 0.3) is 0 Å². The van der Waals surface area contributed by atoms with Crippen molar-refractivity contribution in [1.82, 2.24) is 0 Å². The van der Waals surface area contributed by atoms with Crippen LogP contribution in [0.15, 0.2) is 11.6 Å². The minimum atomic E-state index is -0.920. The highest BCUT2D eigenvalue weighted by molar-refractivity contribution is 5.95. The van der Waals surface area contributed by atoms with Crippen molar-refractivity contribution in [3.63, 3.8) is 0 Å². The Bertz CT molecular complexity index is 339. The first-order chi connectivity index (χ1) is 8.93. The van der Waals surface area contributed by atoms with Gasteiger partial charge in [0.25, 0.3) is 0 Å². The number of ether oxygens (including phenoxy) is 2. The van der Waals surface area contributed by atoms with Crippen molar-refractivity contribution in [2.75, 3.05) is 13.2 Å². The summed E-state index contributed by atoms with van der Waals surface area (Å²) >= 11 is 0. The van der Waals surface area contributed by atoms with Crippen LogP contribution in [0.1, 0.15) is 40.5 Å². The van der Waals surface area contributed by atoms with Crippen LogP contribution in [-0.2, 0) is 23.9 Å². The van der Waals surface area contributed by atoms with Crippen molar-refractivity contribution in [2.45, 2.75) is 40.5 Å². The van der Waals surface area contributed by atoms with Gasteiger partial charge in [-0.05, 0) is 46.1 Å². The van der Waals surface area contributed by atoms with Gasteiger partial charge in [-0.25, -0.2) is 0 Å².